The van der Waals surface area contributed by atoms with Crippen LogP contribution in [0.25, 0.3) is 0 Å². The first-order valence-electron chi connectivity index (χ1n) is 6.49. The average Bonchev–Trinajstić information content (AvgIpc) is 2.93. The van der Waals surface area contributed by atoms with Crippen molar-refractivity contribution in [3.8, 4) is 0 Å². The van der Waals surface area contributed by atoms with Crippen LogP contribution in [0.1, 0.15) is 50.5 Å². The number of hydrogen-bond donors (Lipinski definition) is 1. The molecule has 0 radical (unpaired) electrons. The highest BCUT2D eigenvalue weighted by atomic mass is 32.1. The van der Waals surface area contributed by atoms with E-state index in [9.17, 15) is 0 Å². The summed E-state index contributed by atoms with van der Waals surface area (Å²) in [6.45, 7) is 2.40. The van der Waals surface area contributed by atoms with Crippen LogP contribution < -0.4 is 5.32 Å². The second-order valence-electron chi connectivity index (χ2n) is 5.37. The fourth-order valence-electron chi connectivity index (χ4n) is 2.98. The Morgan fingerprint density at radius 3 is 2.88 bits per heavy atom. The molecule has 2 atom stereocenters. The van der Waals surface area contributed by atoms with Gasteiger partial charge in [0.2, 0.25) is 0 Å². The molecule has 1 aromatic rings. The third kappa shape index (κ3) is 1.80. The van der Waals surface area contributed by atoms with E-state index in [0.29, 0.717) is 0 Å². The molecule has 0 saturated heterocycles. The number of thiazole rings is 1. The third-order valence-electron chi connectivity index (χ3n) is 4.15. The molecule has 2 saturated carbocycles. The fourth-order valence-corrected chi connectivity index (χ4v) is 3.92. The van der Waals surface area contributed by atoms with E-state index in [1.165, 1.54) is 43.5 Å². The molecule has 2 nitrogen and oxygen atoms in total. The molecule has 0 spiro atoms. The van der Waals surface area contributed by atoms with E-state index in [1.807, 2.05) is 17.5 Å². The molecular formula is C13H20N2S. The average molecular weight is 236 g/mol. The maximum Gasteiger partial charge on any atom is 0.113 e. The van der Waals surface area contributed by atoms with Gasteiger partial charge >= 0.3 is 0 Å². The lowest BCUT2D eigenvalue weighted by atomic mass is 9.74. The largest absolute Gasteiger partial charge is 0.302 e. The van der Waals surface area contributed by atoms with E-state index >= 15 is 0 Å². The summed E-state index contributed by atoms with van der Waals surface area (Å²) >= 11 is 1.83. The van der Waals surface area contributed by atoms with Crippen LogP contribution >= 0.6 is 11.3 Å². The van der Waals surface area contributed by atoms with E-state index in [4.69, 9.17) is 0 Å². The Labute approximate surface area is 101 Å². The summed E-state index contributed by atoms with van der Waals surface area (Å²) in [5.74, 6) is 0.730. The molecule has 0 bridgehead atoms. The van der Waals surface area contributed by atoms with Crippen molar-refractivity contribution >= 4 is 11.3 Å². The molecule has 2 unspecified atom stereocenters. The van der Waals surface area contributed by atoms with Crippen molar-refractivity contribution in [3.05, 3.63) is 16.6 Å². The summed E-state index contributed by atoms with van der Waals surface area (Å²) in [6, 6.07) is 0.768. The van der Waals surface area contributed by atoms with Gasteiger partial charge in [0.05, 0.1) is 5.54 Å². The van der Waals surface area contributed by atoms with Crippen LogP contribution in [0.4, 0.5) is 0 Å². The molecule has 0 aliphatic heterocycles. The van der Waals surface area contributed by atoms with Gasteiger partial charge < -0.3 is 5.32 Å². The highest BCUT2D eigenvalue weighted by molar-refractivity contribution is 7.09. The number of aromatic nitrogens is 1. The van der Waals surface area contributed by atoms with Crippen LogP contribution in [-0.2, 0) is 5.54 Å². The zero-order valence-corrected chi connectivity index (χ0v) is 10.7. The fraction of sp³-hybridized carbons (Fsp3) is 0.769. The highest BCUT2D eigenvalue weighted by Crippen LogP contribution is 2.44. The molecule has 0 aromatic carbocycles. The summed E-state index contributed by atoms with van der Waals surface area (Å²) in [4.78, 5) is 4.60. The van der Waals surface area contributed by atoms with Gasteiger partial charge in [-0.15, -0.1) is 11.3 Å². The van der Waals surface area contributed by atoms with Gasteiger partial charge in [-0.1, -0.05) is 19.8 Å². The van der Waals surface area contributed by atoms with Gasteiger partial charge in [0.25, 0.3) is 0 Å². The van der Waals surface area contributed by atoms with Crippen LogP contribution in [0.2, 0.25) is 0 Å². The molecule has 2 aliphatic carbocycles. The molecular weight excluding hydrogens is 216 g/mol. The van der Waals surface area contributed by atoms with Gasteiger partial charge in [0.1, 0.15) is 5.01 Å². The van der Waals surface area contributed by atoms with E-state index in [0.717, 1.165) is 12.0 Å². The highest BCUT2D eigenvalue weighted by Gasteiger charge is 2.44. The topological polar surface area (TPSA) is 24.9 Å². The van der Waals surface area contributed by atoms with Crippen molar-refractivity contribution in [2.24, 2.45) is 5.92 Å². The Morgan fingerprint density at radius 1 is 1.38 bits per heavy atom. The van der Waals surface area contributed by atoms with Crippen molar-refractivity contribution in [1.82, 2.24) is 10.3 Å². The SMILES string of the molecule is CC1CCCCC1(NC1CC1)c1nccs1. The Balaban J connectivity index is 1.91. The quantitative estimate of drug-likeness (QED) is 0.871. The van der Waals surface area contributed by atoms with Crippen molar-refractivity contribution in [1.29, 1.82) is 0 Å². The standard InChI is InChI=1S/C13H20N2S/c1-10-4-2-3-7-13(10,15-11-5-6-11)12-14-8-9-16-12/h8-11,15H,2-7H2,1H3. The minimum atomic E-state index is 0.202. The van der Waals surface area contributed by atoms with Gasteiger partial charge in [-0.05, 0) is 31.6 Å². The van der Waals surface area contributed by atoms with E-state index in [1.54, 1.807) is 0 Å². The smallest absolute Gasteiger partial charge is 0.113 e. The maximum absolute atomic E-state index is 4.60. The zero-order valence-electron chi connectivity index (χ0n) is 9.91. The van der Waals surface area contributed by atoms with Gasteiger partial charge in [-0.2, -0.15) is 0 Å². The van der Waals surface area contributed by atoms with Crippen LogP contribution in [-0.4, -0.2) is 11.0 Å². The van der Waals surface area contributed by atoms with E-state index in [-0.39, 0.29) is 5.54 Å². The maximum atomic E-state index is 4.60. The van der Waals surface area contributed by atoms with Crippen LogP contribution in [0, 0.1) is 5.92 Å². The predicted molar refractivity (Wildman–Crippen MR) is 67.6 cm³/mol. The molecule has 1 heterocycles. The molecule has 1 N–H and O–H groups in total. The second-order valence-corrected chi connectivity index (χ2v) is 6.27. The number of hydrogen-bond acceptors (Lipinski definition) is 3. The Bertz CT molecular complexity index is 345. The Morgan fingerprint density at radius 2 is 2.25 bits per heavy atom. The van der Waals surface area contributed by atoms with Crippen molar-refractivity contribution < 1.29 is 0 Å². The minimum absolute atomic E-state index is 0.202. The lowest BCUT2D eigenvalue weighted by molar-refractivity contribution is 0.151. The summed E-state index contributed by atoms with van der Waals surface area (Å²) in [7, 11) is 0. The Hall–Kier alpha value is -0.410. The first-order valence-corrected chi connectivity index (χ1v) is 7.37. The van der Waals surface area contributed by atoms with E-state index < -0.39 is 0 Å². The Kier molecular flexibility index (Phi) is 2.76. The first-order chi connectivity index (χ1) is 7.81. The van der Waals surface area contributed by atoms with Crippen molar-refractivity contribution in [2.45, 2.75) is 57.0 Å². The van der Waals surface area contributed by atoms with Gasteiger partial charge in [0.15, 0.2) is 0 Å². The molecule has 88 valence electrons. The van der Waals surface area contributed by atoms with Crippen LogP contribution in [0.15, 0.2) is 11.6 Å². The lowest BCUT2D eigenvalue weighted by Crippen LogP contribution is -2.50. The van der Waals surface area contributed by atoms with Crippen LogP contribution in [0.5, 0.6) is 0 Å². The van der Waals surface area contributed by atoms with Crippen LogP contribution in [0.3, 0.4) is 0 Å². The molecule has 16 heavy (non-hydrogen) atoms. The summed E-state index contributed by atoms with van der Waals surface area (Å²) in [5, 5.41) is 7.35. The number of nitrogens with one attached hydrogen (secondary N) is 1. The summed E-state index contributed by atoms with van der Waals surface area (Å²) < 4.78 is 0. The van der Waals surface area contributed by atoms with Crippen molar-refractivity contribution in [2.75, 3.05) is 0 Å². The molecule has 3 heteroatoms. The third-order valence-corrected chi connectivity index (χ3v) is 5.10. The van der Waals surface area contributed by atoms with Gasteiger partial charge in [0, 0.05) is 17.6 Å². The van der Waals surface area contributed by atoms with Gasteiger partial charge in [-0.3, -0.25) is 0 Å². The lowest BCUT2D eigenvalue weighted by Gasteiger charge is -2.42. The molecule has 1 aromatic heterocycles. The molecule has 3 rings (SSSR count). The summed E-state index contributed by atoms with van der Waals surface area (Å²) in [6.07, 6.45) is 10.0. The monoisotopic (exact) mass is 236 g/mol. The van der Waals surface area contributed by atoms with Gasteiger partial charge in [-0.25, -0.2) is 4.98 Å². The minimum Gasteiger partial charge on any atom is -0.302 e. The number of nitrogens with zero attached hydrogens (tertiary/aromatic N) is 1. The molecule has 0 amide bonds. The predicted octanol–water partition coefficient (Wildman–Crippen LogP) is 3.30. The second kappa shape index (κ2) is 4.11. The molecule has 2 aliphatic rings. The number of rotatable bonds is 3. The van der Waals surface area contributed by atoms with Crippen molar-refractivity contribution in [3.63, 3.8) is 0 Å². The zero-order chi connectivity index (χ0) is 11.0. The summed E-state index contributed by atoms with van der Waals surface area (Å²) in [5.41, 5.74) is 0.202. The molecule has 2 fully saturated rings. The van der Waals surface area contributed by atoms with E-state index in [2.05, 4.69) is 22.6 Å². The first kappa shape index (κ1) is 10.7. The normalized spacial score (nSPS) is 35.2.